The Morgan fingerprint density at radius 3 is 2.76 bits per heavy atom. The highest BCUT2D eigenvalue weighted by Crippen LogP contribution is 2.50. The highest BCUT2D eigenvalue weighted by atomic mass is 35.5. The quantitative estimate of drug-likeness (QED) is 0.728. The summed E-state index contributed by atoms with van der Waals surface area (Å²) >= 11 is 6.77. The van der Waals surface area contributed by atoms with Crippen LogP contribution in [0.1, 0.15) is 16.2 Å². The summed E-state index contributed by atoms with van der Waals surface area (Å²) in [5, 5.41) is 3.00. The zero-order valence-electron chi connectivity index (χ0n) is 14.7. The van der Waals surface area contributed by atoms with E-state index in [4.69, 9.17) is 22.1 Å². The van der Waals surface area contributed by atoms with Crippen molar-refractivity contribution in [2.24, 2.45) is 10.7 Å². The van der Waals surface area contributed by atoms with Gasteiger partial charge in [0.1, 0.15) is 5.82 Å². The number of nitrogens with two attached hydrogens (primary N) is 1. The van der Waals surface area contributed by atoms with E-state index in [1.54, 1.807) is 0 Å². The molecule has 1 fully saturated rings. The zero-order valence-corrected chi connectivity index (χ0v) is 17.1. The largest absolute Gasteiger partial charge is 0.379 e. The fraction of sp³-hybridized carbons (Fsp3) is 0.294. The summed E-state index contributed by atoms with van der Waals surface area (Å²) in [6.45, 7) is -0.370. The van der Waals surface area contributed by atoms with E-state index in [0.717, 1.165) is 17.8 Å². The minimum absolute atomic E-state index is 0. The molecule has 2 aromatic rings. The summed E-state index contributed by atoms with van der Waals surface area (Å²) < 4.78 is 35.6. The number of halogens is 4. The van der Waals surface area contributed by atoms with Crippen molar-refractivity contribution >= 4 is 52.5 Å². The predicted molar refractivity (Wildman–Crippen MR) is 109 cm³/mol. The van der Waals surface area contributed by atoms with E-state index in [1.165, 1.54) is 24.5 Å². The number of aliphatic imine (C=N–C) groups is 1. The average Bonchev–Trinajstić information content (AvgIpc) is 3.01. The van der Waals surface area contributed by atoms with Crippen LogP contribution in [0.25, 0.3) is 0 Å². The summed E-state index contributed by atoms with van der Waals surface area (Å²) in [5.74, 6) is -1.41. The lowest BCUT2D eigenvalue weighted by molar-refractivity contribution is 0.101. The van der Waals surface area contributed by atoms with E-state index in [-0.39, 0.29) is 58.6 Å². The monoisotopic (exact) mass is 461 g/mol. The second-order valence-electron chi connectivity index (χ2n) is 6.43. The first kappa shape index (κ1) is 21.7. The maximum atomic E-state index is 15.6. The average molecular weight is 462 g/mol. The Morgan fingerprint density at radius 1 is 1.31 bits per heavy atom. The molecule has 0 radical (unpaired) electrons. The predicted octanol–water partition coefficient (Wildman–Crippen LogP) is 2.94. The zero-order chi connectivity index (χ0) is 19.9. The summed E-state index contributed by atoms with van der Waals surface area (Å²) in [5.41, 5.74) is 2.48. The summed E-state index contributed by atoms with van der Waals surface area (Å²) in [6.07, 6.45) is 2.56. The lowest BCUT2D eigenvalue weighted by Gasteiger charge is -2.38. The summed E-state index contributed by atoms with van der Waals surface area (Å²) in [6, 6.07) is 3.82. The molecule has 12 heteroatoms. The molecule has 2 atom stereocenters. The van der Waals surface area contributed by atoms with Crippen molar-refractivity contribution in [3.8, 4) is 0 Å². The number of benzene rings is 1. The Bertz CT molecular complexity index is 981. The second-order valence-corrected chi connectivity index (χ2v) is 7.86. The molecule has 1 aromatic heterocycles. The van der Waals surface area contributed by atoms with Gasteiger partial charge in [0.2, 0.25) is 5.82 Å². The van der Waals surface area contributed by atoms with Crippen molar-refractivity contribution in [1.82, 2.24) is 9.97 Å². The Morgan fingerprint density at radius 2 is 2.03 bits per heavy atom. The van der Waals surface area contributed by atoms with E-state index in [9.17, 15) is 9.18 Å². The molecule has 3 N–H and O–H groups in total. The molecule has 1 saturated heterocycles. The van der Waals surface area contributed by atoms with Crippen LogP contribution in [0, 0.1) is 5.82 Å². The number of carbonyl (C=O) groups is 1. The number of alkyl halides is 1. The van der Waals surface area contributed by atoms with Crippen LogP contribution in [-0.2, 0) is 10.3 Å². The standard InChI is InChI=1S/C17H14ClF2N5O2S.ClH/c18-9-4-22-13(23-5-9)14(26)24-10-1-2-12(19)11(3-10)17-7-27-6-16(17,20)8-28-15(21)25-17;/h1-5H,6-8H2,(H2,21,25)(H,24,26);1H. The van der Waals surface area contributed by atoms with Gasteiger partial charge in [0.05, 0.1) is 18.2 Å². The van der Waals surface area contributed by atoms with Gasteiger partial charge in [0, 0.05) is 29.4 Å². The molecular formula is C17H15Cl2F2N5O2S. The highest BCUT2D eigenvalue weighted by molar-refractivity contribution is 8.13. The molecule has 3 heterocycles. The molecule has 2 aliphatic rings. The van der Waals surface area contributed by atoms with Crippen LogP contribution in [0.4, 0.5) is 14.5 Å². The van der Waals surface area contributed by atoms with Gasteiger partial charge < -0.3 is 15.8 Å². The third kappa shape index (κ3) is 3.77. The first-order valence-electron chi connectivity index (χ1n) is 8.17. The number of carbonyl (C=O) groups excluding carboxylic acids is 1. The number of thioether (sulfide) groups is 1. The van der Waals surface area contributed by atoms with Gasteiger partial charge in [-0.2, -0.15) is 0 Å². The van der Waals surface area contributed by atoms with Gasteiger partial charge in [0.25, 0.3) is 5.91 Å². The Hall–Kier alpha value is -2.01. The van der Waals surface area contributed by atoms with Crippen LogP contribution in [0.3, 0.4) is 0 Å². The molecule has 0 bridgehead atoms. The number of hydrogen-bond donors (Lipinski definition) is 2. The number of aromatic nitrogens is 2. The Labute approximate surface area is 179 Å². The number of anilines is 1. The SMILES string of the molecule is Cl.NC1=NC2(c3cc(NC(=O)c4ncc(Cl)cn4)ccc3F)COCC2(F)CS1. The van der Waals surface area contributed by atoms with Crippen LogP contribution in [-0.4, -0.2) is 45.7 Å². The maximum Gasteiger partial charge on any atom is 0.293 e. The molecular weight excluding hydrogens is 447 g/mol. The molecule has 0 saturated carbocycles. The molecule has 29 heavy (non-hydrogen) atoms. The van der Waals surface area contributed by atoms with Crippen molar-refractivity contribution in [3.05, 3.63) is 52.8 Å². The summed E-state index contributed by atoms with van der Waals surface area (Å²) in [7, 11) is 0. The number of amidine groups is 1. The van der Waals surface area contributed by atoms with Crippen LogP contribution in [0.5, 0.6) is 0 Å². The minimum Gasteiger partial charge on any atom is -0.379 e. The summed E-state index contributed by atoms with van der Waals surface area (Å²) in [4.78, 5) is 24.2. The third-order valence-electron chi connectivity index (χ3n) is 4.63. The first-order chi connectivity index (χ1) is 13.3. The number of fused-ring (bicyclic) bond motifs is 1. The molecule has 0 spiro atoms. The number of rotatable bonds is 3. The van der Waals surface area contributed by atoms with E-state index < -0.39 is 22.9 Å². The van der Waals surface area contributed by atoms with Crippen molar-refractivity contribution in [2.45, 2.75) is 11.2 Å². The van der Waals surface area contributed by atoms with E-state index in [1.807, 2.05) is 0 Å². The van der Waals surface area contributed by atoms with Crippen molar-refractivity contribution in [2.75, 3.05) is 24.3 Å². The molecule has 154 valence electrons. The number of nitrogens with zero attached hydrogens (tertiary/aromatic N) is 3. The third-order valence-corrected chi connectivity index (χ3v) is 5.81. The lowest BCUT2D eigenvalue weighted by Crippen LogP contribution is -2.52. The second kappa shape index (κ2) is 8.02. The van der Waals surface area contributed by atoms with Gasteiger partial charge in [-0.05, 0) is 18.2 Å². The molecule has 0 aliphatic carbocycles. The van der Waals surface area contributed by atoms with Gasteiger partial charge in [0.15, 0.2) is 16.4 Å². The van der Waals surface area contributed by atoms with Gasteiger partial charge in [-0.15, -0.1) is 12.4 Å². The van der Waals surface area contributed by atoms with E-state index in [0.29, 0.717) is 0 Å². The van der Waals surface area contributed by atoms with E-state index >= 15 is 4.39 Å². The Balaban J connectivity index is 0.00000240. The first-order valence-corrected chi connectivity index (χ1v) is 9.53. The molecule has 2 unspecified atom stereocenters. The van der Waals surface area contributed by atoms with Gasteiger partial charge in [-0.3, -0.25) is 4.79 Å². The number of hydrogen-bond acceptors (Lipinski definition) is 7. The number of amides is 1. The number of ether oxygens (including phenoxy) is 1. The van der Waals surface area contributed by atoms with Gasteiger partial charge in [-0.1, -0.05) is 23.4 Å². The van der Waals surface area contributed by atoms with Crippen molar-refractivity contribution < 1.29 is 18.3 Å². The van der Waals surface area contributed by atoms with Crippen molar-refractivity contribution in [1.29, 1.82) is 0 Å². The topological polar surface area (TPSA) is 102 Å². The molecule has 2 aliphatic heterocycles. The maximum absolute atomic E-state index is 15.6. The van der Waals surface area contributed by atoms with Gasteiger partial charge in [-0.25, -0.2) is 23.7 Å². The molecule has 1 amide bonds. The fourth-order valence-electron chi connectivity index (χ4n) is 3.23. The van der Waals surface area contributed by atoms with Crippen LogP contribution in [0.15, 0.2) is 35.6 Å². The minimum atomic E-state index is -1.91. The normalized spacial score (nSPS) is 25.6. The van der Waals surface area contributed by atoms with Crippen molar-refractivity contribution in [3.63, 3.8) is 0 Å². The van der Waals surface area contributed by atoms with Crippen LogP contribution >= 0.6 is 35.8 Å². The molecule has 4 rings (SSSR count). The molecule has 1 aromatic carbocycles. The van der Waals surface area contributed by atoms with Crippen LogP contribution in [0.2, 0.25) is 5.02 Å². The molecule has 7 nitrogen and oxygen atoms in total. The number of nitrogens with one attached hydrogen (secondary N) is 1. The van der Waals surface area contributed by atoms with E-state index in [2.05, 4.69) is 20.3 Å². The fourth-order valence-corrected chi connectivity index (χ4v) is 4.24. The Kier molecular flexibility index (Phi) is 6.00. The smallest absolute Gasteiger partial charge is 0.293 e. The van der Waals surface area contributed by atoms with Gasteiger partial charge >= 0.3 is 0 Å². The highest BCUT2D eigenvalue weighted by Gasteiger charge is 2.61. The lowest BCUT2D eigenvalue weighted by atomic mass is 9.79. The van der Waals surface area contributed by atoms with Crippen LogP contribution < -0.4 is 11.1 Å².